The summed E-state index contributed by atoms with van der Waals surface area (Å²) >= 11 is 0. The Kier molecular flexibility index (Phi) is 6.94. The fourth-order valence-corrected chi connectivity index (χ4v) is 5.65. The van der Waals surface area contributed by atoms with Gasteiger partial charge in [-0.1, -0.05) is 13.8 Å². The lowest BCUT2D eigenvalue weighted by molar-refractivity contribution is -0.384. The van der Waals surface area contributed by atoms with E-state index in [-0.39, 0.29) is 43.3 Å². The molecule has 10 nitrogen and oxygen atoms in total. The molecular weight excluding hydrogens is 410 g/mol. The molecular formula is C19H29N5O5S. The van der Waals surface area contributed by atoms with E-state index in [1.807, 2.05) is 4.90 Å². The third kappa shape index (κ3) is 4.42. The number of anilines is 1. The van der Waals surface area contributed by atoms with E-state index < -0.39 is 15.1 Å². The number of nitrogens with zero attached hydrogens (tertiary/aromatic N) is 5. The Morgan fingerprint density at radius 1 is 1.07 bits per heavy atom. The second-order valence-corrected chi connectivity index (χ2v) is 9.37. The van der Waals surface area contributed by atoms with Crippen molar-refractivity contribution < 1.29 is 18.1 Å². The number of nitro groups is 1. The molecule has 3 rings (SSSR count). The van der Waals surface area contributed by atoms with Crippen molar-refractivity contribution in [3.05, 3.63) is 33.9 Å². The van der Waals surface area contributed by atoms with E-state index in [0.29, 0.717) is 18.8 Å². The minimum absolute atomic E-state index is 0.0644. The topological polar surface area (TPSA) is 107 Å². The summed E-state index contributed by atoms with van der Waals surface area (Å²) in [5.41, 5.74) is 0.736. The minimum Gasteiger partial charge on any atom is -0.366 e. The van der Waals surface area contributed by atoms with Gasteiger partial charge in [-0.3, -0.25) is 14.9 Å². The molecule has 0 saturated carbocycles. The molecule has 1 aromatic carbocycles. The number of hydrogen-bond acceptors (Lipinski definition) is 6. The fraction of sp³-hybridized carbons (Fsp3) is 0.632. The van der Waals surface area contributed by atoms with E-state index in [4.69, 9.17) is 0 Å². The van der Waals surface area contributed by atoms with E-state index >= 15 is 0 Å². The summed E-state index contributed by atoms with van der Waals surface area (Å²) in [6, 6.07) is 4.62. The highest BCUT2D eigenvalue weighted by Crippen LogP contribution is 2.32. The number of amides is 1. The van der Waals surface area contributed by atoms with Crippen LogP contribution >= 0.6 is 0 Å². The van der Waals surface area contributed by atoms with Crippen LogP contribution in [0.5, 0.6) is 0 Å². The monoisotopic (exact) mass is 439 g/mol. The molecule has 0 spiro atoms. The highest BCUT2D eigenvalue weighted by atomic mass is 32.2. The van der Waals surface area contributed by atoms with E-state index in [0.717, 1.165) is 25.9 Å². The van der Waals surface area contributed by atoms with E-state index in [1.54, 1.807) is 30.9 Å². The zero-order valence-corrected chi connectivity index (χ0v) is 18.3. The number of hydrogen-bond donors (Lipinski definition) is 0. The lowest BCUT2D eigenvalue weighted by atomic mass is 10.1. The van der Waals surface area contributed by atoms with Crippen LogP contribution in [0, 0.1) is 10.1 Å². The molecule has 1 amide bonds. The van der Waals surface area contributed by atoms with Gasteiger partial charge in [0.1, 0.15) is 5.69 Å². The largest absolute Gasteiger partial charge is 0.366 e. The molecule has 2 saturated heterocycles. The Morgan fingerprint density at radius 3 is 2.20 bits per heavy atom. The minimum atomic E-state index is -3.54. The van der Waals surface area contributed by atoms with Gasteiger partial charge < -0.3 is 9.80 Å². The smallest absolute Gasteiger partial charge is 0.293 e. The average Bonchev–Trinajstić information content (AvgIpc) is 3.28. The van der Waals surface area contributed by atoms with Gasteiger partial charge in [0.15, 0.2) is 0 Å². The molecule has 0 bridgehead atoms. The van der Waals surface area contributed by atoms with Crippen LogP contribution in [0.15, 0.2) is 18.2 Å². The van der Waals surface area contributed by atoms with Gasteiger partial charge in [0.2, 0.25) is 0 Å². The molecule has 0 aromatic heterocycles. The number of carbonyl (C=O) groups is 1. The summed E-state index contributed by atoms with van der Waals surface area (Å²) in [7, 11) is -3.54. The highest BCUT2D eigenvalue weighted by molar-refractivity contribution is 7.86. The Balaban J connectivity index is 1.72. The Morgan fingerprint density at radius 2 is 1.67 bits per heavy atom. The number of benzene rings is 1. The molecule has 1 aromatic rings. The normalized spacial score (nSPS) is 18.2. The summed E-state index contributed by atoms with van der Waals surface area (Å²) in [4.78, 5) is 27.6. The second-order valence-electron chi connectivity index (χ2n) is 7.44. The third-order valence-electron chi connectivity index (χ3n) is 5.75. The number of piperazine rings is 1. The van der Waals surface area contributed by atoms with Crippen LogP contribution in [0.4, 0.5) is 11.4 Å². The summed E-state index contributed by atoms with van der Waals surface area (Å²) < 4.78 is 28.1. The van der Waals surface area contributed by atoms with Crippen molar-refractivity contribution in [2.24, 2.45) is 0 Å². The van der Waals surface area contributed by atoms with Crippen molar-refractivity contribution in [2.75, 3.05) is 57.3 Å². The van der Waals surface area contributed by atoms with Crippen LogP contribution in [0.3, 0.4) is 0 Å². The van der Waals surface area contributed by atoms with Crippen LogP contribution in [0.2, 0.25) is 0 Å². The molecule has 2 heterocycles. The Hall–Kier alpha value is -2.24. The first-order chi connectivity index (χ1) is 14.3. The van der Waals surface area contributed by atoms with E-state index in [9.17, 15) is 23.3 Å². The van der Waals surface area contributed by atoms with Crippen LogP contribution in [-0.2, 0) is 10.2 Å². The SMILES string of the molecule is CCN(CC)S(=O)(=O)N1CCN(C(=O)c2ccc(N3CCCC3)c([N+](=O)[O-])c2)CC1. The molecule has 166 valence electrons. The molecule has 0 atom stereocenters. The van der Waals surface area contributed by atoms with Crippen LogP contribution < -0.4 is 4.90 Å². The molecule has 0 aliphatic carbocycles. The quantitative estimate of drug-likeness (QED) is 0.471. The molecule has 2 aliphatic heterocycles. The summed E-state index contributed by atoms with van der Waals surface area (Å²) in [5, 5.41) is 11.6. The second kappa shape index (κ2) is 9.27. The maximum Gasteiger partial charge on any atom is 0.293 e. The van der Waals surface area contributed by atoms with Crippen LogP contribution in [0.1, 0.15) is 37.0 Å². The first kappa shape index (κ1) is 22.4. The molecule has 0 unspecified atom stereocenters. The van der Waals surface area contributed by atoms with Crippen molar-refractivity contribution in [1.29, 1.82) is 0 Å². The molecule has 30 heavy (non-hydrogen) atoms. The van der Waals surface area contributed by atoms with E-state index in [1.165, 1.54) is 14.7 Å². The lowest BCUT2D eigenvalue weighted by Gasteiger charge is -2.36. The first-order valence-electron chi connectivity index (χ1n) is 10.4. The number of carbonyl (C=O) groups excluding carboxylic acids is 1. The molecule has 0 radical (unpaired) electrons. The molecule has 2 aliphatic rings. The van der Waals surface area contributed by atoms with Gasteiger partial charge in [-0.25, -0.2) is 0 Å². The van der Waals surface area contributed by atoms with Crippen molar-refractivity contribution in [3.63, 3.8) is 0 Å². The maximum absolute atomic E-state index is 12.9. The zero-order valence-electron chi connectivity index (χ0n) is 17.5. The number of nitro benzene ring substituents is 1. The summed E-state index contributed by atoms with van der Waals surface area (Å²) in [5.74, 6) is -0.314. The maximum atomic E-state index is 12.9. The standard InChI is InChI=1S/C19H29N5O5S/c1-3-22(4-2)30(28,29)23-13-11-21(12-14-23)19(25)16-7-8-17(18(15-16)24(26)27)20-9-5-6-10-20/h7-8,15H,3-6,9-14H2,1-2H3. The van der Waals surface area contributed by atoms with Crippen LogP contribution in [-0.4, -0.2) is 85.1 Å². The summed E-state index contributed by atoms with van der Waals surface area (Å²) in [6.45, 7) is 6.84. The molecule has 0 N–H and O–H groups in total. The Labute approximate surface area is 177 Å². The predicted octanol–water partition coefficient (Wildman–Crippen LogP) is 1.54. The Bertz CT molecular complexity index is 889. The van der Waals surface area contributed by atoms with Gasteiger partial charge >= 0.3 is 0 Å². The van der Waals surface area contributed by atoms with Gasteiger partial charge in [0, 0.05) is 64.0 Å². The van der Waals surface area contributed by atoms with Gasteiger partial charge in [-0.15, -0.1) is 0 Å². The van der Waals surface area contributed by atoms with Crippen molar-refractivity contribution in [3.8, 4) is 0 Å². The van der Waals surface area contributed by atoms with Crippen LogP contribution in [0.25, 0.3) is 0 Å². The van der Waals surface area contributed by atoms with Gasteiger partial charge in [0.05, 0.1) is 4.92 Å². The highest BCUT2D eigenvalue weighted by Gasteiger charge is 2.33. The van der Waals surface area contributed by atoms with Gasteiger partial charge in [-0.05, 0) is 25.0 Å². The van der Waals surface area contributed by atoms with Gasteiger partial charge in [-0.2, -0.15) is 17.0 Å². The van der Waals surface area contributed by atoms with Crippen molar-refractivity contribution in [2.45, 2.75) is 26.7 Å². The molecule has 2 fully saturated rings. The summed E-state index contributed by atoms with van der Waals surface area (Å²) in [6.07, 6.45) is 2.00. The van der Waals surface area contributed by atoms with Crippen molar-refractivity contribution >= 4 is 27.5 Å². The van der Waals surface area contributed by atoms with Crippen molar-refractivity contribution in [1.82, 2.24) is 13.5 Å². The first-order valence-corrected chi connectivity index (χ1v) is 11.8. The zero-order chi connectivity index (χ0) is 21.9. The fourth-order valence-electron chi connectivity index (χ4n) is 4.05. The van der Waals surface area contributed by atoms with Gasteiger partial charge in [0.25, 0.3) is 21.8 Å². The average molecular weight is 440 g/mol. The van der Waals surface area contributed by atoms with E-state index in [2.05, 4.69) is 0 Å². The molecule has 11 heteroatoms. The third-order valence-corrected chi connectivity index (χ3v) is 7.94. The predicted molar refractivity (Wildman–Crippen MR) is 114 cm³/mol. The lowest BCUT2D eigenvalue weighted by Crippen LogP contribution is -2.54. The number of rotatable bonds is 7.